The topological polar surface area (TPSA) is 345 Å². The number of cyclic esters (lactones) is 1. The Bertz CT molecular complexity index is 2730. The molecule has 0 radical (unpaired) electrons. The number of amides is 4. The Hall–Kier alpha value is -6.79. The molecule has 76 heavy (non-hydrogen) atoms. The van der Waals surface area contributed by atoms with Crippen LogP contribution in [0.5, 0.6) is 0 Å². The van der Waals surface area contributed by atoms with Gasteiger partial charge < -0.3 is 60.5 Å². The second-order valence-corrected chi connectivity index (χ2v) is 20.1. The van der Waals surface area contributed by atoms with E-state index < -0.39 is 95.8 Å². The van der Waals surface area contributed by atoms with Crippen molar-refractivity contribution in [1.29, 1.82) is 0 Å². The molecule has 0 saturated heterocycles. The molecule has 7 atom stereocenters. The van der Waals surface area contributed by atoms with Crippen LogP contribution >= 0.6 is 0 Å². The first-order valence-electron chi connectivity index (χ1n) is 25.5. The first-order chi connectivity index (χ1) is 35.9. The van der Waals surface area contributed by atoms with Gasteiger partial charge in [-0.3, -0.25) is 43.2 Å². The van der Waals surface area contributed by atoms with Gasteiger partial charge in [0, 0.05) is 61.2 Å². The van der Waals surface area contributed by atoms with E-state index in [4.69, 9.17) is 19.2 Å². The highest BCUT2D eigenvalue weighted by molar-refractivity contribution is 5.94. The lowest BCUT2D eigenvalue weighted by Gasteiger charge is -2.35. The molecular weight excluding hydrogens is 993 g/mol. The molecule has 2 aliphatic heterocycles. The molecule has 414 valence electrons. The SMILES string of the molecule is CCC(C(=O)NCCCC(=O)[C@@H](O)[C@H](O)[C@H](O)[C@@H](O)C(=O)NCCCC(=O)C(CC(=O)NCC(=O)O[C@]1(CC)C(=O)OCc2c1cc1n(c2=O)Cc2cc3ccccc3nc2-1)NC(=O)CCOCCC(C)=O)C(C)(C)C. The standard InChI is InChI=1S/C53H70N6O17/c1-7-33(52(4,5)6)48(70)54-19-12-16-39(62)44(66)45(67)46(68)47(69)49(71)55-20-11-15-38(61)36(57-40(63)18-22-74-21-17-29(3)60)25-41(64)56-26-42(65)76-53(8-2)34-24-37-43-31(23-30-13-9-10-14-35(30)58-43)27-59(37)50(72)32(34)28-75-51(53)73/h9-10,13-14,23-24,33,36,44-47,66-69H,7-8,11-12,15-22,25-28H2,1-6H3,(H,54,70)(H,55,71)(H,56,64)(H,57,63)/t33?,36?,44-,45+,46+,47-,53+/m1/s1. The third kappa shape index (κ3) is 15.0. The van der Waals surface area contributed by atoms with Gasteiger partial charge in [0.25, 0.3) is 11.5 Å². The second kappa shape index (κ2) is 26.8. The molecule has 5 rings (SSSR count). The number of aromatic nitrogens is 2. The fourth-order valence-electron chi connectivity index (χ4n) is 9.14. The minimum Gasteiger partial charge on any atom is -0.457 e. The molecule has 0 bridgehead atoms. The third-order valence-electron chi connectivity index (χ3n) is 13.5. The molecule has 4 heterocycles. The van der Waals surface area contributed by atoms with Crippen LogP contribution in [0.4, 0.5) is 0 Å². The molecule has 23 heteroatoms. The number of aliphatic hydroxyl groups is 4. The Morgan fingerprint density at radius 2 is 1.46 bits per heavy atom. The molecule has 0 aliphatic carbocycles. The number of para-hydroxylation sites is 1. The van der Waals surface area contributed by atoms with E-state index in [9.17, 15) is 68.4 Å². The van der Waals surface area contributed by atoms with Crippen LogP contribution in [0.2, 0.25) is 0 Å². The highest BCUT2D eigenvalue weighted by Crippen LogP contribution is 2.41. The van der Waals surface area contributed by atoms with Gasteiger partial charge in [0.05, 0.1) is 54.7 Å². The molecule has 0 fully saturated rings. The number of hydrogen-bond acceptors (Lipinski definition) is 18. The minimum absolute atomic E-state index is 0.0443. The smallest absolute Gasteiger partial charge is 0.355 e. The van der Waals surface area contributed by atoms with Crippen molar-refractivity contribution in [3.63, 3.8) is 0 Å². The molecule has 1 aromatic carbocycles. The maximum atomic E-state index is 13.9. The number of nitrogens with one attached hydrogen (secondary N) is 4. The van der Waals surface area contributed by atoms with E-state index in [0.29, 0.717) is 23.3 Å². The lowest BCUT2D eigenvalue weighted by atomic mass is 9.78. The molecule has 8 N–H and O–H groups in total. The number of aliphatic hydroxyl groups excluding tert-OH is 4. The summed E-state index contributed by atoms with van der Waals surface area (Å²) in [6.45, 7) is 9.32. The summed E-state index contributed by atoms with van der Waals surface area (Å²) in [5.74, 6) is -7.10. The van der Waals surface area contributed by atoms with Crippen molar-refractivity contribution >= 4 is 63.8 Å². The molecule has 23 nitrogen and oxygen atoms in total. The number of nitrogens with zero attached hydrogens (tertiary/aromatic N) is 2. The quantitative estimate of drug-likeness (QED) is 0.0270. The van der Waals surface area contributed by atoms with E-state index in [-0.39, 0.29) is 119 Å². The number of ketones is 3. The fourth-order valence-corrected chi connectivity index (χ4v) is 9.14. The van der Waals surface area contributed by atoms with Gasteiger partial charge in [-0.05, 0) is 56.2 Å². The van der Waals surface area contributed by atoms with Gasteiger partial charge in [-0.1, -0.05) is 52.8 Å². The average Bonchev–Trinajstić information content (AvgIpc) is 3.74. The molecule has 4 amide bonds. The first kappa shape index (κ1) is 60.1. The molecule has 2 unspecified atom stereocenters. The highest BCUT2D eigenvalue weighted by Gasteiger charge is 2.50. The number of carbonyl (C=O) groups is 9. The molecule has 2 aliphatic rings. The van der Waals surface area contributed by atoms with Crippen molar-refractivity contribution < 1.29 is 77.8 Å². The summed E-state index contributed by atoms with van der Waals surface area (Å²) in [7, 11) is 0. The van der Waals surface area contributed by atoms with Crippen LogP contribution in [0, 0.1) is 11.3 Å². The zero-order valence-corrected chi connectivity index (χ0v) is 43.7. The van der Waals surface area contributed by atoms with Crippen molar-refractivity contribution in [2.24, 2.45) is 11.3 Å². The predicted molar refractivity (Wildman–Crippen MR) is 270 cm³/mol. The average molecular weight is 1060 g/mol. The summed E-state index contributed by atoms with van der Waals surface area (Å²) in [5, 5.41) is 52.4. The molecular formula is C53H70N6O17. The van der Waals surface area contributed by atoms with Crippen molar-refractivity contribution in [2.75, 3.05) is 32.8 Å². The zero-order valence-electron chi connectivity index (χ0n) is 43.7. The number of rotatable bonds is 29. The molecule has 0 spiro atoms. The molecule has 2 aromatic heterocycles. The van der Waals surface area contributed by atoms with E-state index in [1.165, 1.54) is 11.5 Å². The van der Waals surface area contributed by atoms with Crippen LogP contribution in [0.3, 0.4) is 0 Å². The fraction of sp³-hybridized carbons (Fsp3) is 0.566. The third-order valence-corrected chi connectivity index (χ3v) is 13.5. The minimum atomic E-state index is -2.33. The highest BCUT2D eigenvalue weighted by atomic mass is 16.6. The van der Waals surface area contributed by atoms with Crippen LogP contribution in [0.1, 0.15) is 116 Å². The van der Waals surface area contributed by atoms with E-state index >= 15 is 0 Å². The zero-order chi connectivity index (χ0) is 56.1. The van der Waals surface area contributed by atoms with E-state index in [0.717, 1.165) is 10.9 Å². The number of ether oxygens (including phenoxy) is 3. The van der Waals surface area contributed by atoms with Gasteiger partial charge >= 0.3 is 11.9 Å². The van der Waals surface area contributed by atoms with Gasteiger partial charge in [-0.2, -0.15) is 0 Å². The number of Topliss-reactive ketones (excluding diaryl/α,β-unsaturated/α-hetero) is 3. The van der Waals surface area contributed by atoms with Crippen LogP contribution in [-0.4, -0.2) is 146 Å². The normalized spacial score (nSPS) is 17.1. The van der Waals surface area contributed by atoms with Gasteiger partial charge in [0.1, 0.15) is 37.2 Å². The lowest BCUT2D eigenvalue weighted by Crippen LogP contribution is -2.52. The predicted octanol–water partition coefficient (Wildman–Crippen LogP) is 0.454. The maximum Gasteiger partial charge on any atom is 0.355 e. The number of benzene rings is 1. The maximum absolute atomic E-state index is 13.9. The Morgan fingerprint density at radius 3 is 2.12 bits per heavy atom. The summed E-state index contributed by atoms with van der Waals surface area (Å²) >= 11 is 0. The Kier molecular flexibility index (Phi) is 21.2. The monoisotopic (exact) mass is 1060 g/mol. The second-order valence-electron chi connectivity index (χ2n) is 20.1. The van der Waals surface area contributed by atoms with Crippen LogP contribution in [-0.2, 0) is 76.1 Å². The summed E-state index contributed by atoms with van der Waals surface area (Å²) in [6.07, 6.45) is -10.2. The van der Waals surface area contributed by atoms with Gasteiger partial charge in [-0.15, -0.1) is 0 Å². The van der Waals surface area contributed by atoms with E-state index in [2.05, 4.69) is 21.3 Å². The number of fused-ring (bicyclic) bond motifs is 5. The molecule has 3 aromatic rings. The summed E-state index contributed by atoms with van der Waals surface area (Å²) in [5.41, 5.74) is -0.232. The van der Waals surface area contributed by atoms with Crippen molar-refractivity contribution in [1.82, 2.24) is 30.8 Å². The van der Waals surface area contributed by atoms with Crippen molar-refractivity contribution in [3.8, 4) is 11.4 Å². The Balaban J connectivity index is 1.15. The van der Waals surface area contributed by atoms with Crippen LogP contribution in [0.25, 0.3) is 22.3 Å². The lowest BCUT2D eigenvalue weighted by molar-refractivity contribution is -0.189. The first-order valence-corrected chi connectivity index (χ1v) is 25.5. The number of pyridine rings is 2. The number of hydrogen-bond donors (Lipinski definition) is 8. The molecule has 0 saturated carbocycles. The summed E-state index contributed by atoms with van der Waals surface area (Å²) in [4.78, 5) is 135. The van der Waals surface area contributed by atoms with Crippen molar-refractivity contribution in [3.05, 3.63) is 63.4 Å². The van der Waals surface area contributed by atoms with Crippen LogP contribution < -0.4 is 26.8 Å². The van der Waals surface area contributed by atoms with Gasteiger partial charge in [-0.25, -0.2) is 9.78 Å². The number of carbonyl (C=O) groups excluding carboxylic acids is 9. The van der Waals surface area contributed by atoms with Crippen molar-refractivity contribution in [2.45, 2.75) is 149 Å². The Labute approximate surface area is 438 Å². The Morgan fingerprint density at radius 1 is 0.816 bits per heavy atom. The van der Waals surface area contributed by atoms with E-state index in [1.54, 1.807) is 13.0 Å². The van der Waals surface area contributed by atoms with Gasteiger partial charge in [0.15, 0.2) is 17.7 Å². The van der Waals surface area contributed by atoms with E-state index in [1.807, 2.05) is 58.0 Å². The largest absolute Gasteiger partial charge is 0.457 e. The van der Waals surface area contributed by atoms with Crippen LogP contribution in [0.15, 0.2) is 41.2 Å². The number of esters is 2. The van der Waals surface area contributed by atoms with Gasteiger partial charge in [0.2, 0.25) is 23.3 Å². The summed E-state index contributed by atoms with van der Waals surface area (Å²) in [6, 6.07) is 9.45. The summed E-state index contributed by atoms with van der Waals surface area (Å²) < 4.78 is 18.0.